The molecule has 0 fully saturated rings. The SMILES string of the molecule is CC(C)N(/C=C(/C#N)C(=O)Nc1ccc(Cl)c(Cl)c1)Cc1ccccc1. The Kier molecular flexibility index (Phi) is 7.08. The molecule has 6 heteroatoms. The molecule has 0 aliphatic heterocycles. The van der Waals surface area contributed by atoms with E-state index in [1.165, 1.54) is 0 Å². The molecule has 0 spiro atoms. The van der Waals surface area contributed by atoms with Crippen molar-refractivity contribution in [2.75, 3.05) is 5.32 Å². The van der Waals surface area contributed by atoms with Crippen LogP contribution < -0.4 is 5.32 Å². The molecule has 0 aliphatic rings. The first-order valence-corrected chi connectivity index (χ1v) is 8.84. The number of amides is 1. The normalized spacial score (nSPS) is 11.2. The van der Waals surface area contributed by atoms with Gasteiger partial charge >= 0.3 is 0 Å². The lowest BCUT2D eigenvalue weighted by atomic mass is 10.2. The molecule has 2 aromatic rings. The van der Waals surface area contributed by atoms with E-state index >= 15 is 0 Å². The summed E-state index contributed by atoms with van der Waals surface area (Å²) in [7, 11) is 0. The summed E-state index contributed by atoms with van der Waals surface area (Å²) >= 11 is 11.8. The van der Waals surface area contributed by atoms with Gasteiger partial charge in [0.25, 0.3) is 5.91 Å². The molecule has 26 heavy (non-hydrogen) atoms. The lowest BCUT2D eigenvalue weighted by Gasteiger charge is -2.25. The third-order valence-electron chi connectivity index (χ3n) is 3.71. The van der Waals surface area contributed by atoms with Crippen LogP contribution in [0.5, 0.6) is 0 Å². The van der Waals surface area contributed by atoms with Gasteiger partial charge in [-0.25, -0.2) is 0 Å². The number of nitrogens with zero attached hydrogens (tertiary/aromatic N) is 2. The van der Waals surface area contributed by atoms with E-state index in [1.54, 1.807) is 24.4 Å². The Bertz CT molecular complexity index is 842. The van der Waals surface area contributed by atoms with Gasteiger partial charge in [-0.1, -0.05) is 53.5 Å². The van der Waals surface area contributed by atoms with Gasteiger partial charge in [0.1, 0.15) is 11.6 Å². The molecule has 2 rings (SSSR count). The minimum atomic E-state index is -0.496. The molecule has 134 valence electrons. The molecule has 0 unspecified atom stereocenters. The minimum absolute atomic E-state index is 0.0145. The van der Waals surface area contributed by atoms with Crippen molar-refractivity contribution >= 4 is 34.8 Å². The third-order valence-corrected chi connectivity index (χ3v) is 4.45. The zero-order chi connectivity index (χ0) is 19.1. The number of halogens is 2. The second-order valence-electron chi connectivity index (χ2n) is 5.99. The Balaban J connectivity index is 2.18. The predicted molar refractivity (Wildman–Crippen MR) is 106 cm³/mol. The van der Waals surface area contributed by atoms with Gasteiger partial charge in [0, 0.05) is 24.5 Å². The highest BCUT2D eigenvalue weighted by Crippen LogP contribution is 2.25. The summed E-state index contributed by atoms with van der Waals surface area (Å²) in [6.45, 7) is 4.61. The monoisotopic (exact) mass is 387 g/mol. The molecule has 0 aliphatic carbocycles. The average molecular weight is 388 g/mol. The maximum atomic E-state index is 12.4. The van der Waals surface area contributed by atoms with Crippen LogP contribution in [0.4, 0.5) is 5.69 Å². The summed E-state index contributed by atoms with van der Waals surface area (Å²) in [5, 5.41) is 12.8. The maximum absolute atomic E-state index is 12.4. The smallest absolute Gasteiger partial charge is 0.267 e. The molecular formula is C20H19Cl2N3O. The summed E-state index contributed by atoms with van der Waals surface area (Å²) in [5.41, 5.74) is 1.59. The topological polar surface area (TPSA) is 56.1 Å². The summed E-state index contributed by atoms with van der Waals surface area (Å²) in [6, 6.07) is 16.7. The molecule has 0 bridgehead atoms. The second kappa shape index (κ2) is 9.28. The molecule has 0 saturated heterocycles. The molecule has 1 N–H and O–H groups in total. The summed E-state index contributed by atoms with van der Waals surface area (Å²) < 4.78 is 0. The number of carbonyl (C=O) groups excluding carboxylic acids is 1. The fourth-order valence-electron chi connectivity index (χ4n) is 2.25. The zero-order valence-electron chi connectivity index (χ0n) is 14.5. The molecule has 0 saturated carbocycles. The van der Waals surface area contributed by atoms with E-state index in [0.717, 1.165) is 5.56 Å². The number of carbonyl (C=O) groups is 1. The Labute approximate surface area is 163 Å². The molecule has 1 amide bonds. The largest absolute Gasteiger partial charge is 0.369 e. The first-order valence-electron chi connectivity index (χ1n) is 8.08. The maximum Gasteiger partial charge on any atom is 0.267 e. The van der Waals surface area contributed by atoms with Crippen LogP contribution in [0.1, 0.15) is 19.4 Å². The molecule has 0 atom stereocenters. The van der Waals surface area contributed by atoms with E-state index in [-0.39, 0.29) is 11.6 Å². The van der Waals surface area contributed by atoms with Gasteiger partial charge in [0.05, 0.1) is 10.0 Å². The van der Waals surface area contributed by atoms with Crippen LogP contribution in [-0.2, 0) is 11.3 Å². The minimum Gasteiger partial charge on any atom is -0.369 e. The number of nitriles is 1. The van der Waals surface area contributed by atoms with Crippen LogP contribution in [0.25, 0.3) is 0 Å². The molecule has 0 radical (unpaired) electrons. The number of hydrogen-bond donors (Lipinski definition) is 1. The lowest BCUT2D eigenvalue weighted by molar-refractivity contribution is -0.112. The fourth-order valence-corrected chi connectivity index (χ4v) is 2.55. The summed E-state index contributed by atoms with van der Waals surface area (Å²) in [4.78, 5) is 14.4. The van der Waals surface area contributed by atoms with E-state index in [9.17, 15) is 10.1 Å². The first kappa shape index (κ1) is 19.8. The molecule has 0 aromatic heterocycles. The highest BCUT2D eigenvalue weighted by Gasteiger charge is 2.14. The number of anilines is 1. The van der Waals surface area contributed by atoms with Crippen molar-refractivity contribution < 1.29 is 4.79 Å². The molecule has 4 nitrogen and oxygen atoms in total. The van der Waals surface area contributed by atoms with E-state index < -0.39 is 5.91 Å². The number of rotatable bonds is 6. The molecule has 2 aromatic carbocycles. The second-order valence-corrected chi connectivity index (χ2v) is 6.80. The number of nitrogens with one attached hydrogen (secondary N) is 1. The van der Waals surface area contributed by atoms with Crippen LogP contribution >= 0.6 is 23.2 Å². The van der Waals surface area contributed by atoms with Gasteiger partial charge in [-0.15, -0.1) is 0 Å². The fraction of sp³-hybridized carbons (Fsp3) is 0.200. The third kappa shape index (κ3) is 5.52. The van der Waals surface area contributed by atoms with Gasteiger partial charge in [-0.2, -0.15) is 5.26 Å². The van der Waals surface area contributed by atoms with Crippen molar-refractivity contribution in [3.63, 3.8) is 0 Å². The van der Waals surface area contributed by atoms with Gasteiger partial charge in [0.2, 0.25) is 0 Å². The van der Waals surface area contributed by atoms with Crippen molar-refractivity contribution in [1.29, 1.82) is 5.26 Å². The Morgan fingerprint density at radius 2 is 1.88 bits per heavy atom. The predicted octanol–water partition coefficient (Wildman–Crippen LogP) is 5.25. The average Bonchev–Trinajstić information content (AvgIpc) is 2.62. The van der Waals surface area contributed by atoms with Crippen LogP contribution in [0, 0.1) is 11.3 Å². The molecule has 0 heterocycles. The van der Waals surface area contributed by atoms with E-state index in [0.29, 0.717) is 22.3 Å². The highest BCUT2D eigenvalue weighted by molar-refractivity contribution is 6.42. The van der Waals surface area contributed by atoms with Crippen molar-refractivity contribution in [2.45, 2.75) is 26.4 Å². The summed E-state index contributed by atoms with van der Waals surface area (Å²) in [5.74, 6) is -0.496. The quantitative estimate of drug-likeness (QED) is 0.543. The summed E-state index contributed by atoms with van der Waals surface area (Å²) in [6.07, 6.45) is 1.59. The van der Waals surface area contributed by atoms with Crippen molar-refractivity contribution in [3.8, 4) is 6.07 Å². The lowest BCUT2D eigenvalue weighted by Crippen LogP contribution is -2.27. The van der Waals surface area contributed by atoms with Crippen molar-refractivity contribution in [2.24, 2.45) is 0 Å². The van der Waals surface area contributed by atoms with E-state index in [2.05, 4.69) is 5.32 Å². The van der Waals surface area contributed by atoms with Crippen LogP contribution in [0.3, 0.4) is 0 Å². The van der Waals surface area contributed by atoms with Gasteiger partial charge in [0.15, 0.2) is 0 Å². The standard InChI is InChI=1S/C20H19Cl2N3O/c1-14(2)25(12-15-6-4-3-5-7-15)13-16(11-23)20(26)24-17-8-9-18(21)19(22)10-17/h3-10,13-14H,12H2,1-2H3,(H,24,26)/b16-13-. The highest BCUT2D eigenvalue weighted by atomic mass is 35.5. The van der Waals surface area contributed by atoms with Gasteiger partial charge in [-0.05, 0) is 37.6 Å². The van der Waals surface area contributed by atoms with E-state index in [4.69, 9.17) is 23.2 Å². The van der Waals surface area contributed by atoms with Crippen molar-refractivity contribution in [3.05, 3.63) is 75.9 Å². The van der Waals surface area contributed by atoms with Crippen molar-refractivity contribution in [1.82, 2.24) is 4.90 Å². The van der Waals surface area contributed by atoms with Crippen LogP contribution in [0.2, 0.25) is 10.0 Å². The first-order chi connectivity index (χ1) is 12.4. The van der Waals surface area contributed by atoms with Gasteiger partial charge < -0.3 is 10.2 Å². The number of benzene rings is 2. The van der Waals surface area contributed by atoms with Gasteiger partial charge in [-0.3, -0.25) is 4.79 Å². The Morgan fingerprint density at radius 3 is 2.46 bits per heavy atom. The Hall–Kier alpha value is -2.48. The van der Waals surface area contributed by atoms with E-state index in [1.807, 2.05) is 55.1 Å². The zero-order valence-corrected chi connectivity index (χ0v) is 16.1. The number of hydrogen-bond acceptors (Lipinski definition) is 3. The molecular weight excluding hydrogens is 369 g/mol. The van der Waals surface area contributed by atoms with Crippen LogP contribution in [0.15, 0.2) is 60.3 Å². The Morgan fingerprint density at radius 1 is 1.19 bits per heavy atom. The van der Waals surface area contributed by atoms with Crippen LogP contribution in [-0.4, -0.2) is 16.8 Å².